The summed E-state index contributed by atoms with van der Waals surface area (Å²) in [5.41, 5.74) is -1.78. The predicted octanol–water partition coefficient (Wildman–Crippen LogP) is -1.31. The average molecular weight is 312 g/mol. The Bertz CT molecular complexity index is 612. The molecule has 21 heavy (non-hydrogen) atoms. The molecule has 2 rings (SSSR count). The molecule has 0 spiro atoms. The Hall–Kier alpha value is -1.69. The van der Waals surface area contributed by atoms with Gasteiger partial charge in [0.15, 0.2) is 6.23 Å². The molecule has 3 N–H and O–H groups in total. The number of nitrogens with zero attached hydrogens (tertiary/aromatic N) is 1. The monoisotopic (exact) mass is 312 g/mol. The largest absolute Gasteiger partial charge is 0.523 e. The van der Waals surface area contributed by atoms with Crippen LogP contribution in [0, 0.1) is 0 Å². The Morgan fingerprint density at radius 3 is 2.62 bits per heavy atom. The highest BCUT2D eigenvalue weighted by Gasteiger charge is 2.50. The fourth-order valence-corrected chi connectivity index (χ4v) is 2.00. The lowest BCUT2D eigenvalue weighted by Gasteiger charge is -2.22. The van der Waals surface area contributed by atoms with Gasteiger partial charge in [-0.2, -0.15) is 0 Å². The van der Waals surface area contributed by atoms with Crippen LogP contribution in [0.1, 0.15) is 6.23 Å². The molecule has 0 aliphatic carbocycles. The van der Waals surface area contributed by atoms with Gasteiger partial charge in [0.1, 0.15) is 18.3 Å². The second-order valence-electron chi connectivity index (χ2n) is 4.28. The SMILES string of the molecule is O=c1ccn([C@@H]2O[C@H](CO)[C@H](O)C2OC(F)(F)F)c(=O)[nH]1. The molecule has 11 heteroatoms. The molecule has 1 aromatic heterocycles. The molecule has 0 saturated carbocycles. The van der Waals surface area contributed by atoms with Crippen molar-refractivity contribution in [3.63, 3.8) is 0 Å². The Morgan fingerprint density at radius 2 is 2.10 bits per heavy atom. The molecular weight excluding hydrogens is 301 g/mol. The van der Waals surface area contributed by atoms with E-state index in [2.05, 4.69) is 4.74 Å². The minimum atomic E-state index is -5.08. The first-order valence-electron chi connectivity index (χ1n) is 5.73. The second-order valence-corrected chi connectivity index (χ2v) is 4.28. The van der Waals surface area contributed by atoms with E-state index in [0.29, 0.717) is 4.57 Å². The zero-order valence-electron chi connectivity index (χ0n) is 10.3. The van der Waals surface area contributed by atoms with Gasteiger partial charge in [0.2, 0.25) is 0 Å². The predicted molar refractivity (Wildman–Crippen MR) is 59.3 cm³/mol. The van der Waals surface area contributed by atoms with Gasteiger partial charge in [-0.15, -0.1) is 13.2 Å². The number of aromatic nitrogens is 2. The van der Waals surface area contributed by atoms with E-state index in [1.807, 2.05) is 4.98 Å². The topological polar surface area (TPSA) is 114 Å². The average Bonchev–Trinajstić information content (AvgIpc) is 2.65. The zero-order chi connectivity index (χ0) is 15.8. The third-order valence-corrected chi connectivity index (χ3v) is 2.89. The number of halogens is 3. The van der Waals surface area contributed by atoms with Crippen LogP contribution < -0.4 is 11.2 Å². The number of H-pyrrole nitrogens is 1. The van der Waals surface area contributed by atoms with Crippen LogP contribution in [0.25, 0.3) is 0 Å². The van der Waals surface area contributed by atoms with E-state index in [-0.39, 0.29) is 0 Å². The highest BCUT2D eigenvalue weighted by Crippen LogP contribution is 2.34. The van der Waals surface area contributed by atoms with Crippen LogP contribution in [0.15, 0.2) is 21.9 Å². The van der Waals surface area contributed by atoms with Gasteiger partial charge >= 0.3 is 12.1 Å². The molecule has 1 aromatic rings. The number of hydrogen-bond donors (Lipinski definition) is 3. The van der Waals surface area contributed by atoms with Gasteiger partial charge < -0.3 is 14.9 Å². The Morgan fingerprint density at radius 1 is 1.43 bits per heavy atom. The van der Waals surface area contributed by atoms with Crippen LogP contribution in [0.4, 0.5) is 13.2 Å². The van der Waals surface area contributed by atoms with Crippen LogP contribution >= 0.6 is 0 Å². The summed E-state index contributed by atoms with van der Waals surface area (Å²) in [4.78, 5) is 24.4. The highest BCUT2D eigenvalue weighted by molar-refractivity contribution is 4.94. The van der Waals surface area contributed by atoms with Gasteiger partial charge in [-0.1, -0.05) is 0 Å². The van der Waals surface area contributed by atoms with Gasteiger partial charge in [-0.3, -0.25) is 19.1 Å². The standard InChI is InChI=1S/C10H11F3N2O6/c11-10(12,13)21-7-6(18)4(3-16)20-8(7)15-2-1-5(17)14-9(15)19/h1-2,4,6-8,16,18H,3H2,(H,14,17,19)/t4-,6+,7?,8-/m1/s1. The summed E-state index contributed by atoms with van der Waals surface area (Å²) in [5, 5.41) is 18.7. The highest BCUT2D eigenvalue weighted by atomic mass is 19.4. The second kappa shape index (κ2) is 5.60. The number of aliphatic hydroxyl groups excluding tert-OH is 2. The Balaban J connectivity index is 2.38. The molecule has 1 fully saturated rings. The van der Waals surface area contributed by atoms with E-state index in [1.54, 1.807) is 0 Å². The van der Waals surface area contributed by atoms with E-state index >= 15 is 0 Å². The van der Waals surface area contributed by atoms with Crippen molar-refractivity contribution in [1.29, 1.82) is 0 Å². The summed E-state index contributed by atoms with van der Waals surface area (Å²) in [6.07, 6.45) is -11.0. The number of ether oxygens (including phenoxy) is 2. The molecule has 8 nitrogen and oxygen atoms in total. The van der Waals surface area contributed by atoms with Crippen molar-refractivity contribution in [2.45, 2.75) is 30.9 Å². The van der Waals surface area contributed by atoms with Crippen molar-refractivity contribution >= 4 is 0 Å². The number of nitrogens with one attached hydrogen (secondary N) is 1. The summed E-state index contributed by atoms with van der Waals surface area (Å²) in [6.45, 7) is -0.770. The van der Waals surface area contributed by atoms with Crippen LogP contribution in [-0.4, -0.2) is 51.0 Å². The molecule has 1 aliphatic rings. The number of aromatic amines is 1. The van der Waals surface area contributed by atoms with E-state index in [0.717, 1.165) is 12.3 Å². The number of rotatable bonds is 3. The van der Waals surface area contributed by atoms with Gasteiger partial charge in [0.25, 0.3) is 5.56 Å². The van der Waals surface area contributed by atoms with Crippen molar-refractivity contribution in [1.82, 2.24) is 9.55 Å². The van der Waals surface area contributed by atoms with Gasteiger partial charge in [0, 0.05) is 12.3 Å². The third kappa shape index (κ3) is 3.32. The zero-order valence-corrected chi connectivity index (χ0v) is 10.3. The molecule has 4 atom stereocenters. The molecule has 1 saturated heterocycles. The van der Waals surface area contributed by atoms with Crippen LogP contribution in [0.3, 0.4) is 0 Å². The van der Waals surface area contributed by atoms with E-state index < -0.39 is 48.8 Å². The van der Waals surface area contributed by atoms with Crippen molar-refractivity contribution in [2.24, 2.45) is 0 Å². The summed E-state index contributed by atoms with van der Waals surface area (Å²) >= 11 is 0. The summed E-state index contributed by atoms with van der Waals surface area (Å²) in [7, 11) is 0. The lowest BCUT2D eigenvalue weighted by atomic mass is 10.1. The minimum Gasteiger partial charge on any atom is -0.394 e. The number of aliphatic hydroxyl groups is 2. The van der Waals surface area contributed by atoms with Gasteiger partial charge in [-0.05, 0) is 0 Å². The first-order valence-corrected chi connectivity index (χ1v) is 5.73. The lowest BCUT2D eigenvalue weighted by molar-refractivity contribution is -0.356. The number of alkyl halides is 3. The normalized spacial score (nSPS) is 29.8. The fourth-order valence-electron chi connectivity index (χ4n) is 2.00. The third-order valence-electron chi connectivity index (χ3n) is 2.89. The molecule has 1 unspecified atom stereocenters. The quantitative estimate of drug-likeness (QED) is 0.639. The van der Waals surface area contributed by atoms with Gasteiger partial charge in [0.05, 0.1) is 6.61 Å². The molecular formula is C10H11F3N2O6. The van der Waals surface area contributed by atoms with Crippen molar-refractivity contribution < 1.29 is 32.9 Å². The molecule has 1 aliphatic heterocycles. The minimum absolute atomic E-state index is 0.636. The molecule has 118 valence electrons. The molecule has 0 radical (unpaired) electrons. The van der Waals surface area contributed by atoms with E-state index in [9.17, 15) is 27.9 Å². The van der Waals surface area contributed by atoms with E-state index in [4.69, 9.17) is 9.84 Å². The molecule has 0 bridgehead atoms. The van der Waals surface area contributed by atoms with Crippen molar-refractivity contribution in [3.8, 4) is 0 Å². The Labute approximate surface area is 114 Å². The summed E-state index contributed by atoms with van der Waals surface area (Å²) in [5.74, 6) is 0. The maximum atomic E-state index is 12.4. The summed E-state index contributed by atoms with van der Waals surface area (Å²) < 4.78 is 46.5. The first-order chi connectivity index (χ1) is 9.73. The maximum absolute atomic E-state index is 12.4. The van der Waals surface area contributed by atoms with Crippen molar-refractivity contribution in [3.05, 3.63) is 33.1 Å². The Kier molecular flexibility index (Phi) is 4.18. The first kappa shape index (κ1) is 15.7. The maximum Gasteiger partial charge on any atom is 0.523 e. The summed E-state index contributed by atoms with van der Waals surface area (Å²) in [6, 6.07) is 0.897. The van der Waals surface area contributed by atoms with Crippen LogP contribution in [0.5, 0.6) is 0 Å². The lowest BCUT2D eigenvalue weighted by Crippen LogP contribution is -2.41. The van der Waals surface area contributed by atoms with Crippen LogP contribution in [-0.2, 0) is 9.47 Å². The molecule has 0 aromatic carbocycles. The van der Waals surface area contributed by atoms with Gasteiger partial charge in [-0.25, -0.2) is 4.79 Å². The number of hydrogen-bond acceptors (Lipinski definition) is 6. The van der Waals surface area contributed by atoms with Crippen molar-refractivity contribution in [2.75, 3.05) is 6.61 Å². The van der Waals surface area contributed by atoms with Crippen LogP contribution in [0.2, 0.25) is 0 Å². The van der Waals surface area contributed by atoms with E-state index in [1.165, 1.54) is 0 Å². The fraction of sp³-hybridized carbons (Fsp3) is 0.600. The molecule has 0 amide bonds. The molecule has 2 heterocycles. The smallest absolute Gasteiger partial charge is 0.394 e.